The molecule has 118 valence electrons. The third kappa shape index (κ3) is 3.18. The number of amides is 1. The second-order valence-corrected chi connectivity index (χ2v) is 7.37. The highest BCUT2D eigenvalue weighted by Gasteiger charge is 2.41. The van der Waals surface area contributed by atoms with Crippen molar-refractivity contribution in [2.24, 2.45) is 11.3 Å². The maximum atomic E-state index is 13.0. The van der Waals surface area contributed by atoms with Crippen LogP contribution in [0.4, 0.5) is 0 Å². The van der Waals surface area contributed by atoms with Crippen molar-refractivity contribution in [1.29, 1.82) is 0 Å². The summed E-state index contributed by atoms with van der Waals surface area (Å²) in [6.45, 7) is 4.31. The average Bonchev–Trinajstić information content (AvgIpc) is 2.83. The molecule has 1 saturated carbocycles. The van der Waals surface area contributed by atoms with Crippen LogP contribution in [0.25, 0.3) is 0 Å². The molecular weight excluding hydrogens is 260 g/mol. The lowest BCUT2D eigenvalue weighted by molar-refractivity contribution is -0.131. The molecule has 3 rings (SSSR count). The second-order valence-electron chi connectivity index (χ2n) is 7.37. The molecule has 2 fully saturated rings. The lowest BCUT2D eigenvalue weighted by Crippen LogP contribution is -2.41. The minimum absolute atomic E-state index is 0.110. The number of rotatable bonds is 1. The van der Waals surface area contributed by atoms with Gasteiger partial charge in [-0.25, -0.2) is 0 Å². The first-order valence-corrected chi connectivity index (χ1v) is 8.93. The third-order valence-electron chi connectivity index (χ3n) is 5.97. The van der Waals surface area contributed by atoms with Gasteiger partial charge in [0.05, 0.1) is 5.41 Å². The molecule has 1 aliphatic carbocycles. The first-order valence-electron chi connectivity index (χ1n) is 8.93. The van der Waals surface area contributed by atoms with E-state index in [0.717, 1.165) is 45.2 Å². The van der Waals surface area contributed by atoms with Crippen molar-refractivity contribution < 1.29 is 4.79 Å². The quantitative estimate of drug-likeness (QED) is 0.776. The molecule has 2 heterocycles. The number of carbonyl (C=O) groups excluding carboxylic acids is 1. The van der Waals surface area contributed by atoms with Crippen LogP contribution in [0, 0.1) is 11.3 Å². The van der Waals surface area contributed by atoms with Crippen molar-refractivity contribution in [3.63, 3.8) is 0 Å². The van der Waals surface area contributed by atoms with E-state index in [0.29, 0.717) is 11.8 Å². The van der Waals surface area contributed by atoms with Crippen molar-refractivity contribution in [3.05, 3.63) is 11.3 Å². The largest absolute Gasteiger partial charge is 0.329 e. The summed E-state index contributed by atoms with van der Waals surface area (Å²) in [4.78, 5) is 13.0. The Hall–Kier alpha value is -0.830. The van der Waals surface area contributed by atoms with Gasteiger partial charge in [0.15, 0.2) is 0 Å². The van der Waals surface area contributed by atoms with Gasteiger partial charge in [0.1, 0.15) is 0 Å². The van der Waals surface area contributed by atoms with E-state index in [1.807, 2.05) is 0 Å². The van der Waals surface area contributed by atoms with Crippen LogP contribution in [0.15, 0.2) is 11.3 Å². The Morgan fingerprint density at radius 1 is 1.00 bits per heavy atom. The Bertz CT molecular complexity index is 413. The van der Waals surface area contributed by atoms with Gasteiger partial charge in [-0.2, -0.15) is 0 Å². The summed E-state index contributed by atoms with van der Waals surface area (Å²) in [5, 5.41) is 6.85. The molecule has 0 aromatic heterocycles. The second kappa shape index (κ2) is 6.51. The monoisotopic (exact) mass is 290 g/mol. The Morgan fingerprint density at radius 3 is 2.62 bits per heavy atom. The highest BCUT2D eigenvalue weighted by molar-refractivity contribution is 5.85. The van der Waals surface area contributed by atoms with Crippen molar-refractivity contribution in [3.8, 4) is 0 Å². The van der Waals surface area contributed by atoms with Gasteiger partial charge >= 0.3 is 0 Å². The van der Waals surface area contributed by atoms with Crippen LogP contribution in [-0.2, 0) is 4.79 Å². The third-order valence-corrected chi connectivity index (χ3v) is 5.97. The first-order chi connectivity index (χ1) is 10.2. The van der Waals surface area contributed by atoms with Crippen LogP contribution in [0.3, 0.4) is 0 Å². The maximum absolute atomic E-state index is 13.0. The normalized spacial score (nSPS) is 32.7. The van der Waals surface area contributed by atoms with Gasteiger partial charge in [0.2, 0.25) is 5.91 Å². The zero-order valence-corrected chi connectivity index (χ0v) is 13.5. The average molecular weight is 290 g/mol. The molecule has 3 aliphatic rings. The predicted octanol–water partition coefficient (Wildman–Crippen LogP) is 3.51. The van der Waals surface area contributed by atoms with Gasteiger partial charge in [-0.05, 0) is 70.9 Å². The molecule has 0 aromatic rings. The van der Waals surface area contributed by atoms with Gasteiger partial charge in [0, 0.05) is 5.70 Å². The van der Waals surface area contributed by atoms with Gasteiger partial charge in [-0.3, -0.25) is 4.79 Å². The summed E-state index contributed by atoms with van der Waals surface area (Å²) < 4.78 is 0. The molecule has 1 spiro atoms. The van der Waals surface area contributed by atoms with Gasteiger partial charge in [-0.15, -0.1) is 0 Å². The Labute approximate surface area is 128 Å². The van der Waals surface area contributed by atoms with E-state index >= 15 is 0 Å². The summed E-state index contributed by atoms with van der Waals surface area (Å²) in [6, 6.07) is 0. The van der Waals surface area contributed by atoms with Crippen LogP contribution in [0.2, 0.25) is 0 Å². The maximum Gasteiger partial charge on any atom is 0.230 e. The fourth-order valence-corrected chi connectivity index (χ4v) is 4.48. The van der Waals surface area contributed by atoms with E-state index in [2.05, 4.69) is 17.6 Å². The van der Waals surface area contributed by atoms with Crippen molar-refractivity contribution >= 4 is 5.91 Å². The van der Waals surface area contributed by atoms with Crippen LogP contribution in [-0.4, -0.2) is 19.0 Å². The van der Waals surface area contributed by atoms with Crippen LogP contribution in [0.1, 0.15) is 71.1 Å². The van der Waals surface area contributed by atoms with E-state index < -0.39 is 0 Å². The van der Waals surface area contributed by atoms with Crippen LogP contribution < -0.4 is 10.6 Å². The Kier molecular flexibility index (Phi) is 4.68. The standard InChI is InChI=1S/C18H30N2O/c1-14-8-10-18(9-5-12-19-13-11-18)17(21)20-16(14)15-6-3-2-4-7-15/h15,19H,2-13H2,1H3,(H,20,21). The molecule has 3 heteroatoms. The van der Waals surface area contributed by atoms with Crippen LogP contribution >= 0.6 is 0 Å². The molecule has 1 saturated heterocycles. The minimum Gasteiger partial charge on any atom is -0.329 e. The zero-order chi connectivity index (χ0) is 14.7. The smallest absolute Gasteiger partial charge is 0.230 e. The fraction of sp³-hybridized carbons (Fsp3) is 0.833. The zero-order valence-electron chi connectivity index (χ0n) is 13.5. The molecule has 0 bridgehead atoms. The summed E-state index contributed by atoms with van der Waals surface area (Å²) in [5.41, 5.74) is 2.64. The molecule has 1 unspecified atom stereocenters. The molecule has 3 nitrogen and oxygen atoms in total. The predicted molar refractivity (Wildman–Crippen MR) is 85.8 cm³/mol. The molecular formula is C18H30N2O. The molecule has 1 amide bonds. The fourth-order valence-electron chi connectivity index (χ4n) is 4.48. The number of hydrogen-bond acceptors (Lipinski definition) is 2. The molecule has 2 aliphatic heterocycles. The SMILES string of the molecule is CC1=C(C2CCCCC2)NC(=O)C2(CCCNCC2)CC1. The lowest BCUT2D eigenvalue weighted by atomic mass is 9.76. The van der Waals surface area contributed by atoms with E-state index in [4.69, 9.17) is 0 Å². The topological polar surface area (TPSA) is 41.1 Å². The Morgan fingerprint density at radius 2 is 1.81 bits per heavy atom. The number of hydrogen-bond donors (Lipinski definition) is 2. The first kappa shape index (κ1) is 15.1. The van der Waals surface area contributed by atoms with E-state index in [1.54, 1.807) is 0 Å². The van der Waals surface area contributed by atoms with Crippen molar-refractivity contribution in [2.75, 3.05) is 13.1 Å². The summed E-state index contributed by atoms with van der Waals surface area (Å²) in [5.74, 6) is 0.936. The molecule has 0 radical (unpaired) electrons. The number of nitrogens with one attached hydrogen (secondary N) is 2. The summed E-state index contributed by atoms with van der Waals surface area (Å²) in [7, 11) is 0. The highest BCUT2D eigenvalue weighted by Crippen LogP contribution is 2.41. The van der Waals surface area contributed by atoms with Crippen molar-refractivity contribution in [2.45, 2.75) is 71.1 Å². The Balaban J connectivity index is 1.77. The summed E-state index contributed by atoms with van der Waals surface area (Å²) >= 11 is 0. The van der Waals surface area contributed by atoms with E-state index in [9.17, 15) is 4.79 Å². The molecule has 0 aromatic carbocycles. The molecule has 1 atom stereocenters. The summed E-state index contributed by atoms with van der Waals surface area (Å²) in [6.07, 6.45) is 11.9. The van der Waals surface area contributed by atoms with E-state index in [-0.39, 0.29) is 5.41 Å². The number of allylic oxidation sites excluding steroid dienone is 2. The minimum atomic E-state index is -0.110. The van der Waals surface area contributed by atoms with Gasteiger partial charge < -0.3 is 10.6 Å². The highest BCUT2D eigenvalue weighted by atomic mass is 16.2. The molecule has 21 heavy (non-hydrogen) atoms. The van der Waals surface area contributed by atoms with E-state index in [1.165, 1.54) is 43.4 Å². The molecule has 2 N–H and O–H groups in total. The van der Waals surface area contributed by atoms with Gasteiger partial charge in [0.25, 0.3) is 0 Å². The van der Waals surface area contributed by atoms with Crippen LogP contribution in [0.5, 0.6) is 0 Å². The van der Waals surface area contributed by atoms with Crippen molar-refractivity contribution in [1.82, 2.24) is 10.6 Å². The van der Waals surface area contributed by atoms with Gasteiger partial charge in [-0.1, -0.05) is 24.8 Å². The number of carbonyl (C=O) groups is 1. The lowest BCUT2D eigenvalue weighted by Gasteiger charge is -2.31.